The average molecular weight is 314 g/mol. The fourth-order valence-corrected chi connectivity index (χ4v) is 3.33. The number of pyridine rings is 1. The lowest BCUT2D eigenvalue weighted by Gasteiger charge is -2.21. The van der Waals surface area contributed by atoms with E-state index in [2.05, 4.69) is 4.98 Å². The van der Waals surface area contributed by atoms with Gasteiger partial charge in [-0.2, -0.15) is 0 Å². The van der Waals surface area contributed by atoms with Crippen molar-refractivity contribution < 1.29 is 9.53 Å². The monoisotopic (exact) mass is 314 g/mol. The number of nitrogens with one attached hydrogen (secondary N) is 1. The number of carbonyl (C=O) groups is 1. The van der Waals surface area contributed by atoms with Gasteiger partial charge < -0.3 is 14.6 Å². The summed E-state index contributed by atoms with van der Waals surface area (Å²) in [6.45, 7) is 2.25. The SMILES string of the molecule is COCC1CCCN(C(=O)c2c[nH]c(=O)c3ccccc23)CC1. The highest BCUT2D eigenvalue weighted by molar-refractivity contribution is 6.06. The van der Waals surface area contributed by atoms with Gasteiger partial charge in [0.15, 0.2) is 0 Å². The van der Waals surface area contributed by atoms with E-state index in [4.69, 9.17) is 4.74 Å². The van der Waals surface area contributed by atoms with Crippen LogP contribution in [0.15, 0.2) is 35.3 Å². The maximum atomic E-state index is 12.9. The zero-order chi connectivity index (χ0) is 16.2. The molecule has 0 bridgehead atoms. The third-order valence-electron chi connectivity index (χ3n) is 4.58. The zero-order valence-electron chi connectivity index (χ0n) is 13.4. The van der Waals surface area contributed by atoms with Crippen LogP contribution in [0.3, 0.4) is 0 Å². The molecule has 1 amide bonds. The van der Waals surface area contributed by atoms with Crippen LogP contribution in [0.4, 0.5) is 0 Å². The van der Waals surface area contributed by atoms with Crippen molar-refractivity contribution in [1.29, 1.82) is 0 Å². The fraction of sp³-hybridized carbons (Fsp3) is 0.444. The van der Waals surface area contributed by atoms with Gasteiger partial charge in [0, 0.05) is 43.8 Å². The molecule has 3 rings (SSSR count). The summed E-state index contributed by atoms with van der Waals surface area (Å²) in [6.07, 6.45) is 4.58. The van der Waals surface area contributed by atoms with Gasteiger partial charge >= 0.3 is 0 Å². The van der Waals surface area contributed by atoms with Crippen molar-refractivity contribution in [3.63, 3.8) is 0 Å². The number of H-pyrrole nitrogens is 1. The maximum Gasteiger partial charge on any atom is 0.255 e. The van der Waals surface area contributed by atoms with Crippen molar-refractivity contribution in [2.24, 2.45) is 5.92 Å². The molecule has 0 saturated carbocycles. The number of aromatic amines is 1. The summed E-state index contributed by atoms with van der Waals surface area (Å²) in [5.74, 6) is 0.514. The normalized spacial score (nSPS) is 18.8. The van der Waals surface area contributed by atoms with E-state index in [1.54, 1.807) is 19.4 Å². The summed E-state index contributed by atoms with van der Waals surface area (Å²) < 4.78 is 5.24. The number of rotatable bonds is 3. The Morgan fingerprint density at radius 2 is 2.04 bits per heavy atom. The lowest BCUT2D eigenvalue weighted by atomic mass is 10.0. The molecule has 5 nitrogen and oxygen atoms in total. The van der Waals surface area contributed by atoms with Gasteiger partial charge in [-0.3, -0.25) is 9.59 Å². The molecule has 1 aromatic heterocycles. The Hall–Kier alpha value is -2.14. The van der Waals surface area contributed by atoms with Crippen LogP contribution in [0.5, 0.6) is 0 Å². The van der Waals surface area contributed by atoms with Gasteiger partial charge in [-0.25, -0.2) is 0 Å². The van der Waals surface area contributed by atoms with Crippen LogP contribution in [-0.4, -0.2) is 42.6 Å². The van der Waals surface area contributed by atoms with Crippen molar-refractivity contribution in [3.05, 3.63) is 46.4 Å². The molecule has 122 valence electrons. The Morgan fingerprint density at radius 1 is 1.26 bits per heavy atom. The molecule has 0 spiro atoms. The van der Waals surface area contributed by atoms with Crippen LogP contribution in [0.25, 0.3) is 10.8 Å². The van der Waals surface area contributed by atoms with Crippen molar-refractivity contribution in [1.82, 2.24) is 9.88 Å². The lowest BCUT2D eigenvalue weighted by molar-refractivity contribution is 0.0757. The smallest absolute Gasteiger partial charge is 0.255 e. The van der Waals surface area contributed by atoms with Gasteiger partial charge in [0.1, 0.15) is 0 Å². The van der Waals surface area contributed by atoms with E-state index in [0.717, 1.165) is 44.3 Å². The molecular weight excluding hydrogens is 292 g/mol. The zero-order valence-corrected chi connectivity index (χ0v) is 13.4. The lowest BCUT2D eigenvalue weighted by Crippen LogP contribution is -2.32. The molecule has 1 saturated heterocycles. The second kappa shape index (κ2) is 6.96. The number of fused-ring (bicyclic) bond motifs is 1. The second-order valence-electron chi connectivity index (χ2n) is 6.12. The van der Waals surface area contributed by atoms with Crippen LogP contribution < -0.4 is 5.56 Å². The molecule has 2 heterocycles. The fourth-order valence-electron chi connectivity index (χ4n) is 3.33. The number of aromatic nitrogens is 1. The molecule has 2 aromatic rings. The summed E-state index contributed by atoms with van der Waals surface area (Å²) >= 11 is 0. The summed E-state index contributed by atoms with van der Waals surface area (Å²) in [5, 5.41) is 1.28. The second-order valence-corrected chi connectivity index (χ2v) is 6.12. The van der Waals surface area contributed by atoms with Gasteiger partial charge in [0.05, 0.1) is 5.56 Å². The first kappa shape index (κ1) is 15.7. The van der Waals surface area contributed by atoms with Crippen LogP contribution >= 0.6 is 0 Å². The Bertz CT molecular complexity index is 753. The number of hydrogen-bond acceptors (Lipinski definition) is 3. The number of amides is 1. The number of carbonyl (C=O) groups excluding carboxylic acids is 1. The highest BCUT2D eigenvalue weighted by Crippen LogP contribution is 2.21. The summed E-state index contributed by atoms with van der Waals surface area (Å²) in [6, 6.07) is 7.26. The van der Waals surface area contributed by atoms with Crippen molar-refractivity contribution in [2.75, 3.05) is 26.8 Å². The Morgan fingerprint density at radius 3 is 2.83 bits per heavy atom. The molecule has 1 aromatic carbocycles. The molecule has 1 atom stereocenters. The summed E-state index contributed by atoms with van der Waals surface area (Å²) in [5.41, 5.74) is 0.415. The van der Waals surface area contributed by atoms with E-state index in [1.807, 2.05) is 23.1 Å². The molecular formula is C18H22N2O3. The van der Waals surface area contributed by atoms with Crippen LogP contribution in [0.1, 0.15) is 29.6 Å². The Labute approximate surface area is 135 Å². The number of hydrogen-bond donors (Lipinski definition) is 1. The predicted octanol–water partition coefficient (Wildman–Crippen LogP) is 2.42. The molecule has 0 aliphatic carbocycles. The first-order valence-electron chi connectivity index (χ1n) is 8.09. The average Bonchev–Trinajstić information content (AvgIpc) is 2.81. The highest BCUT2D eigenvalue weighted by Gasteiger charge is 2.23. The first-order valence-corrected chi connectivity index (χ1v) is 8.09. The number of ether oxygens (including phenoxy) is 1. The molecule has 5 heteroatoms. The minimum Gasteiger partial charge on any atom is -0.384 e. The molecule has 1 aliphatic heterocycles. The molecule has 23 heavy (non-hydrogen) atoms. The third kappa shape index (κ3) is 3.29. The Kier molecular flexibility index (Phi) is 4.76. The van der Waals surface area contributed by atoms with E-state index >= 15 is 0 Å². The van der Waals surface area contributed by atoms with E-state index in [1.165, 1.54) is 0 Å². The largest absolute Gasteiger partial charge is 0.384 e. The summed E-state index contributed by atoms with van der Waals surface area (Å²) in [4.78, 5) is 29.4. The standard InChI is InChI=1S/C18H22N2O3/c1-23-12-13-5-4-9-20(10-8-13)18(22)16-11-19-17(21)15-7-3-2-6-14(15)16/h2-3,6-7,11,13H,4-5,8-10,12H2,1H3,(H,19,21). The number of benzene rings is 1. The third-order valence-corrected chi connectivity index (χ3v) is 4.58. The van der Waals surface area contributed by atoms with Crippen LogP contribution in [0.2, 0.25) is 0 Å². The molecule has 0 radical (unpaired) electrons. The van der Waals surface area contributed by atoms with Crippen LogP contribution in [0, 0.1) is 5.92 Å². The number of nitrogens with zero attached hydrogens (tertiary/aromatic N) is 1. The topological polar surface area (TPSA) is 62.4 Å². The first-order chi connectivity index (χ1) is 11.2. The maximum absolute atomic E-state index is 12.9. The highest BCUT2D eigenvalue weighted by atomic mass is 16.5. The minimum atomic E-state index is -0.159. The summed E-state index contributed by atoms with van der Waals surface area (Å²) in [7, 11) is 1.72. The quantitative estimate of drug-likeness (QED) is 0.946. The van der Waals surface area contributed by atoms with E-state index in [0.29, 0.717) is 16.9 Å². The van der Waals surface area contributed by atoms with Crippen molar-refractivity contribution in [3.8, 4) is 0 Å². The molecule has 1 fully saturated rings. The van der Waals surface area contributed by atoms with Crippen molar-refractivity contribution >= 4 is 16.7 Å². The molecule has 1 N–H and O–H groups in total. The number of methoxy groups -OCH3 is 1. The van der Waals surface area contributed by atoms with E-state index in [-0.39, 0.29) is 11.5 Å². The van der Waals surface area contributed by atoms with E-state index in [9.17, 15) is 9.59 Å². The minimum absolute atomic E-state index is 0.00415. The van der Waals surface area contributed by atoms with Gasteiger partial charge in [-0.1, -0.05) is 18.2 Å². The number of likely N-dealkylation sites (tertiary alicyclic amines) is 1. The van der Waals surface area contributed by atoms with Gasteiger partial charge in [-0.15, -0.1) is 0 Å². The van der Waals surface area contributed by atoms with Gasteiger partial charge in [-0.05, 0) is 31.2 Å². The van der Waals surface area contributed by atoms with Gasteiger partial charge in [0.25, 0.3) is 11.5 Å². The van der Waals surface area contributed by atoms with Crippen molar-refractivity contribution in [2.45, 2.75) is 19.3 Å². The molecule has 1 aliphatic rings. The predicted molar refractivity (Wildman–Crippen MR) is 89.7 cm³/mol. The van der Waals surface area contributed by atoms with Crippen LogP contribution in [-0.2, 0) is 4.74 Å². The van der Waals surface area contributed by atoms with Gasteiger partial charge in [0.2, 0.25) is 0 Å². The molecule has 1 unspecified atom stereocenters. The Balaban J connectivity index is 1.86. The van der Waals surface area contributed by atoms with E-state index < -0.39 is 0 Å².